The van der Waals surface area contributed by atoms with Gasteiger partial charge in [-0.3, -0.25) is 9.69 Å². The summed E-state index contributed by atoms with van der Waals surface area (Å²) < 4.78 is 6.16. The van der Waals surface area contributed by atoms with Gasteiger partial charge in [0.05, 0.1) is 18.6 Å². The molecule has 1 aliphatic carbocycles. The van der Waals surface area contributed by atoms with Gasteiger partial charge < -0.3 is 10.1 Å². The molecule has 0 saturated carbocycles. The second-order valence-corrected chi connectivity index (χ2v) is 10.00. The van der Waals surface area contributed by atoms with Crippen molar-refractivity contribution < 1.29 is 9.53 Å². The van der Waals surface area contributed by atoms with E-state index < -0.39 is 0 Å². The van der Waals surface area contributed by atoms with E-state index in [-0.39, 0.29) is 23.5 Å². The zero-order valence-corrected chi connectivity index (χ0v) is 19.3. The number of ether oxygens (including phenoxy) is 1. The van der Waals surface area contributed by atoms with Crippen LogP contribution in [-0.2, 0) is 27.9 Å². The van der Waals surface area contributed by atoms with Crippen LogP contribution in [-0.4, -0.2) is 37.1 Å². The van der Waals surface area contributed by atoms with E-state index in [0.29, 0.717) is 6.42 Å². The highest BCUT2D eigenvalue weighted by Gasteiger charge is 2.53. The number of rotatable bonds is 6. The Morgan fingerprint density at radius 2 is 1.81 bits per heavy atom. The van der Waals surface area contributed by atoms with Gasteiger partial charge in [0.2, 0.25) is 5.91 Å². The number of piperidine rings is 1. The fourth-order valence-corrected chi connectivity index (χ4v) is 6.41. The summed E-state index contributed by atoms with van der Waals surface area (Å²) in [6.45, 7) is 3.10. The molecule has 32 heavy (non-hydrogen) atoms. The summed E-state index contributed by atoms with van der Waals surface area (Å²) in [5.74, 6) is 0.0465. The largest absolute Gasteiger partial charge is 0.378 e. The maximum Gasteiger partial charge on any atom is 0.224 e. The molecule has 166 valence electrons. The molecule has 3 aromatic rings. The molecule has 5 rings (SSSR count). The smallest absolute Gasteiger partial charge is 0.224 e. The monoisotopic (exact) mass is 446 g/mol. The predicted octanol–water partition coefficient (Wildman–Crippen LogP) is 4.71. The number of thiophene rings is 1. The third-order valence-electron chi connectivity index (χ3n) is 7.17. The minimum absolute atomic E-state index is 0.0465. The summed E-state index contributed by atoms with van der Waals surface area (Å²) in [5.41, 5.74) is 3.55. The van der Waals surface area contributed by atoms with E-state index in [1.54, 1.807) is 7.11 Å². The van der Waals surface area contributed by atoms with E-state index in [2.05, 4.69) is 52.0 Å². The fourth-order valence-electron chi connectivity index (χ4n) is 5.66. The maximum atomic E-state index is 13.0. The van der Waals surface area contributed by atoms with E-state index >= 15 is 0 Å². The first-order valence-corrected chi connectivity index (χ1v) is 12.3. The van der Waals surface area contributed by atoms with Crippen LogP contribution < -0.4 is 5.32 Å². The quantitative estimate of drug-likeness (QED) is 0.596. The molecular weight excluding hydrogens is 416 g/mol. The van der Waals surface area contributed by atoms with E-state index in [4.69, 9.17) is 4.74 Å². The number of carbonyl (C=O) groups excluding carboxylic acids is 1. The number of benzene rings is 2. The molecule has 5 heteroatoms. The first kappa shape index (κ1) is 21.4. The van der Waals surface area contributed by atoms with Crippen molar-refractivity contribution >= 4 is 17.2 Å². The Morgan fingerprint density at radius 1 is 1.06 bits per heavy atom. The third-order valence-corrected chi connectivity index (χ3v) is 8.03. The number of amides is 1. The van der Waals surface area contributed by atoms with Crippen LogP contribution in [0.2, 0.25) is 0 Å². The number of likely N-dealkylation sites (tertiary alicyclic amines) is 1. The van der Waals surface area contributed by atoms with Gasteiger partial charge in [0, 0.05) is 23.9 Å². The molecule has 1 aromatic heterocycles. The Labute approximate surface area is 194 Å². The molecule has 2 heterocycles. The molecule has 1 spiro atoms. The van der Waals surface area contributed by atoms with Crippen molar-refractivity contribution in [1.29, 1.82) is 0 Å². The van der Waals surface area contributed by atoms with Gasteiger partial charge in [-0.1, -0.05) is 60.7 Å². The Bertz CT molecular complexity index is 1040. The van der Waals surface area contributed by atoms with Crippen molar-refractivity contribution in [2.45, 2.75) is 43.4 Å². The summed E-state index contributed by atoms with van der Waals surface area (Å²) in [6, 6.07) is 22.8. The molecule has 2 aliphatic rings. The van der Waals surface area contributed by atoms with E-state index in [9.17, 15) is 4.79 Å². The minimum atomic E-state index is -0.115. The average molecular weight is 447 g/mol. The summed E-state index contributed by atoms with van der Waals surface area (Å²) in [6.07, 6.45) is 2.42. The molecule has 1 aliphatic heterocycles. The Morgan fingerprint density at radius 3 is 2.53 bits per heavy atom. The highest BCUT2D eigenvalue weighted by atomic mass is 32.1. The van der Waals surface area contributed by atoms with Gasteiger partial charge in [-0.15, -0.1) is 11.3 Å². The zero-order chi connectivity index (χ0) is 22.0. The van der Waals surface area contributed by atoms with Gasteiger partial charge in [0.1, 0.15) is 0 Å². The van der Waals surface area contributed by atoms with Crippen LogP contribution in [0.4, 0.5) is 0 Å². The van der Waals surface area contributed by atoms with Crippen molar-refractivity contribution in [3.05, 3.63) is 93.7 Å². The SMILES string of the molecule is CO[C@H]1[C@H](NC(=O)Cc2ccccc2)c2ccccc2C12CCN(Cc1cccs1)CC2. The molecule has 0 bridgehead atoms. The zero-order valence-electron chi connectivity index (χ0n) is 18.5. The molecule has 1 amide bonds. The van der Waals surface area contributed by atoms with Crippen LogP contribution in [0.15, 0.2) is 72.1 Å². The van der Waals surface area contributed by atoms with Gasteiger partial charge >= 0.3 is 0 Å². The first-order valence-electron chi connectivity index (χ1n) is 11.4. The standard InChI is InChI=1S/C27H30N2O2S/c1-31-26-25(28-24(30)18-20-8-3-2-4-9-20)22-11-5-6-12-23(22)27(26)13-15-29(16-14-27)19-21-10-7-17-32-21/h2-12,17,25-26H,13-16,18-19H2,1H3,(H,28,30)/t25-,26+/m1/s1. The highest BCUT2D eigenvalue weighted by Crippen LogP contribution is 2.52. The van der Waals surface area contributed by atoms with Crippen molar-refractivity contribution in [2.24, 2.45) is 0 Å². The lowest BCUT2D eigenvalue weighted by Crippen LogP contribution is -2.50. The summed E-state index contributed by atoms with van der Waals surface area (Å²) in [7, 11) is 1.80. The lowest BCUT2D eigenvalue weighted by Gasteiger charge is -2.44. The molecule has 4 nitrogen and oxygen atoms in total. The molecule has 2 atom stereocenters. The van der Waals surface area contributed by atoms with E-state index in [0.717, 1.165) is 38.0 Å². The molecule has 1 N–H and O–H groups in total. The van der Waals surface area contributed by atoms with Crippen molar-refractivity contribution in [3.8, 4) is 0 Å². The van der Waals surface area contributed by atoms with Crippen LogP contribution >= 0.6 is 11.3 Å². The van der Waals surface area contributed by atoms with Crippen LogP contribution in [0.1, 0.15) is 40.5 Å². The Balaban J connectivity index is 1.35. The topological polar surface area (TPSA) is 41.6 Å². The first-order chi connectivity index (χ1) is 15.7. The number of hydrogen-bond donors (Lipinski definition) is 1. The predicted molar refractivity (Wildman–Crippen MR) is 129 cm³/mol. The number of nitrogens with zero attached hydrogens (tertiary/aromatic N) is 1. The second kappa shape index (κ2) is 9.18. The third kappa shape index (κ3) is 4.01. The molecule has 0 radical (unpaired) electrons. The number of fused-ring (bicyclic) bond motifs is 2. The lowest BCUT2D eigenvalue weighted by atomic mass is 9.72. The van der Waals surface area contributed by atoms with Crippen molar-refractivity contribution in [3.63, 3.8) is 0 Å². The number of nitrogens with one attached hydrogen (secondary N) is 1. The summed E-state index contributed by atoms with van der Waals surface area (Å²) in [4.78, 5) is 16.9. The van der Waals surface area contributed by atoms with Crippen molar-refractivity contribution in [1.82, 2.24) is 10.2 Å². The second-order valence-electron chi connectivity index (χ2n) is 8.96. The van der Waals surface area contributed by atoms with E-state index in [1.165, 1.54) is 16.0 Å². The highest BCUT2D eigenvalue weighted by molar-refractivity contribution is 7.09. The van der Waals surface area contributed by atoms with Gasteiger partial charge in [-0.05, 0) is 54.1 Å². The van der Waals surface area contributed by atoms with Gasteiger partial charge in [-0.25, -0.2) is 0 Å². The maximum absolute atomic E-state index is 13.0. The molecule has 2 aromatic carbocycles. The van der Waals surface area contributed by atoms with E-state index in [1.807, 2.05) is 41.7 Å². The summed E-state index contributed by atoms with van der Waals surface area (Å²) >= 11 is 1.83. The Hall–Kier alpha value is -2.47. The molecule has 0 unspecified atom stereocenters. The van der Waals surface area contributed by atoms with Crippen LogP contribution in [0.5, 0.6) is 0 Å². The Kier molecular flexibility index (Phi) is 6.13. The summed E-state index contributed by atoms with van der Waals surface area (Å²) in [5, 5.41) is 5.48. The van der Waals surface area contributed by atoms with Gasteiger partial charge in [0.25, 0.3) is 0 Å². The molecule has 1 fully saturated rings. The number of carbonyl (C=O) groups is 1. The average Bonchev–Trinajstić information content (AvgIpc) is 3.41. The van der Waals surface area contributed by atoms with Gasteiger partial charge in [-0.2, -0.15) is 0 Å². The van der Waals surface area contributed by atoms with Crippen LogP contribution in [0.25, 0.3) is 0 Å². The van der Waals surface area contributed by atoms with Crippen molar-refractivity contribution in [2.75, 3.05) is 20.2 Å². The van der Waals surface area contributed by atoms with Gasteiger partial charge in [0.15, 0.2) is 0 Å². The normalized spacial score (nSPS) is 22.0. The lowest BCUT2D eigenvalue weighted by molar-refractivity contribution is -0.122. The number of hydrogen-bond acceptors (Lipinski definition) is 4. The number of methoxy groups -OCH3 is 1. The van der Waals surface area contributed by atoms with Crippen LogP contribution in [0, 0.1) is 0 Å². The van der Waals surface area contributed by atoms with Crippen LogP contribution in [0.3, 0.4) is 0 Å². The molecular formula is C27H30N2O2S. The molecule has 1 saturated heterocycles. The minimum Gasteiger partial charge on any atom is -0.378 e. The fraction of sp³-hybridized carbons (Fsp3) is 0.370.